The first-order valence-electron chi connectivity index (χ1n) is 12.3. The highest BCUT2D eigenvalue weighted by atomic mass is 16.2. The van der Waals surface area contributed by atoms with Gasteiger partial charge in [-0.1, -0.05) is 0 Å². The van der Waals surface area contributed by atoms with E-state index >= 15 is 0 Å². The van der Waals surface area contributed by atoms with E-state index in [1.54, 1.807) is 30.7 Å². The summed E-state index contributed by atoms with van der Waals surface area (Å²) in [6.07, 6.45) is 8.52. The van der Waals surface area contributed by atoms with Crippen LogP contribution in [0.4, 0.5) is 11.6 Å². The van der Waals surface area contributed by atoms with Gasteiger partial charge in [-0.3, -0.25) is 29.8 Å². The van der Waals surface area contributed by atoms with Crippen molar-refractivity contribution in [3.63, 3.8) is 0 Å². The zero-order chi connectivity index (χ0) is 24.9. The maximum absolute atomic E-state index is 12.9. The van der Waals surface area contributed by atoms with Gasteiger partial charge < -0.3 is 10.2 Å². The van der Waals surface area contributed by atoms with Crippen LogP contribution in [0, 0.1) is 0 Å². The smallest absolute Gasteiger partial charge is 0.260 e. The zero-order valence-corrected chi connectivity index (χ0v) is 20.1. The van der Waals surface area contributed by atoms with Crippen LogP contribution >= 0.6 is 0 Å². The van der Waals surface area contributed by atoms with E-state index in [4.69, 9.17) is 0 Å². The normalized spacial score (nSPS) is 18.8. The Morgan fingerprint density at radius 2 is 1.78 bits per heavy atom. The van der Waals surface area contributed by atoms with Crippen LogP contribution in [0.3, 0.4) is 0 Å². The fraction of sp³-hybridized carbons (Fsp3) is 0.385. The van der Waals surface area contributed by atoms with Crippen LogP contribution in [0.2, 0.25) is 0 Å². The summed E-state index contributed by atoms with van der Waals surface area (Å²) in [5.74, 6) is 0.0875. The number of likely N-dealkylation sites (tertiary alicyclic amines) is 2. The molecular formula is C26H30N8O2. The van der Waals surface area contributed by atoms with Crippen LogP contribution in [0.5, 0.6) is 0 Å². The molecule has 0 saturated carbocycles. The molecule has 2 N–H and O–H groups in total. The van der Waals surface area contributed by atoms with Crippen LogP contribution < -0.4 is 10.6 Å². The Morgan fingerprint density at radius 3 is 2.56 bits per heavy atom. The topological polar surface area (TPSA) is 116 Å². The lowest BCUT2D eigenvalue weighted by Gasteiger charge is -2.34. The number of piperidine rings is 1. The summed E-state index contributed by atoms with van der Waals surface area (Å²) in [6, 6.07) is 9.51. The third kappa shape index (κ3) is 5.18. The van der Waals surface area contributed by atoms with Crippen molar-refractivity contribution in [1.82, 2.24) is 24.8 Å². The van der Waals surface area contributed by atoms with Gasteiger partial charge in [-0.2, -0.15) is 0 Å². The highest BCUT2D eigenvalue weighted by molar-refractivity contribution is 6.13. The molecule has 10 heteroatoms. The van der Waals surface area contributed by atoms with E-state index in [0.29, 0.717) is 17.6 Å². The lowest BCUT2D eigenvalue weighted by atomic mass is 10.0. The van der Waals surface area contributed by atoms with Crippen molar-refractivity contribution in [1.29, 1.82) is 0 Å². The molecule has 2 aromatic heterocycles. The molecule has 2 aliphatic rings. The predicted molar refractivity (Wildman–Crippen MR) is 139 cm³/mol. The van der Waals surface area contributed by atoms with Crippen molar-refractivity contribution in [2.45, 2.75) is 37.9 Å². The molecule has 1 aromatic carbocycles. The quantitative estimate of drug-likeness (QED) is 0.494. The highest BCUT2D eigenvalue weighted by Crippen LogP contribution is 2.28. The Bertz CT molecular complexity index is 1240. The average Bonchev–Trinajstić information content (AvgIpc) is 3.40. The third-order valence-corrected chi connectivity index (χ3v) is 6.86. The summed E-state index contributed by atoms with van der Waals surface area (Å²) < 4.78 is 0. The minimum absolute atomic E-state index is 0.0659. The molecule has 36 heavy (non-hydrogen) atoms. The molecule has 2 fully saturated rings. The molecule has 1 atom stereocenters. The Balaban J connectivity index is 1.22. The number of amides is 2. The Hall–Kier alpha value is -3.92. The Labute approximate surface area is 209 Å². The number of hydrogen-bond acceptors (Lipinski definition) is 8. The number of aliphatic imine (C=N–C) groups is 1. The minimum atomic E-state index is -0.304. The van der Waals surface area contributed by atoms with Gasteiger partial charge in [-0.05, 0) is 62.7 Å². The first-order valence-corrected chi connectivity index (χ1v) is 12.3. The van der Waals surface area contributed by atoms with Gasteiger partial charge in [0, 0.05) is 55.3 Å². The summed E-state index contributed by atoms with van der Waals surface area (Å²) in [4.78, 5) is 46.4. The summed E-state index contributed by atoms with van der Waals surface area (Å²) in [6.45, 7) is 6.52. The van der Waals surface area contributed by atoms with Crippen LogP contribution in [-0.4, -0.2) is 81.7 Å². The number of aromatic nitrogens is 3. The third-order valence-electron chi connectivity index (χ3n) is 6.86. The van der Waals surface area contributed by atoms with E-state index in [9.17, 15) is 9.59 Å². The molecule has 0 unspecified atom stereocenters. The largest absolute Gasteiger partial charge is 0.382 e. The molecule has 2 aliphatic heterocycles. The number of carbonyl (C=O) groups is 2. The van der Waals surface area contributed by atoms with Crippen LogP contribution in [0.25, 0.3) is 10.9 Å². The average molecular weight is 487 g/mol. The fourth-order valence-electron chi connectivity index (χ4n) is 4.98. The minimum Gasteiger partial charge on any atom is -0.382 e. The molecule has 186 valence electrons. The molecule has 3 aromatic rings. The van der Waals surface area contributed by atoms with E-state index in [1.807, 2.05) is 23.1 Å². The molecule has 2 amide bonds. The zero-order valence-electron chi connectivity index (χ0n) is 20.1. The SMILES string of the molecule is C=N[C@@H]1CCCN1C(=O)CN1CCC(Nc2ccc(C(=O)Nc3ncccn3)c3ncccc23)CC1. The van der Waals surface area contributed by atoms with Gasteiger partial charge in [0.1, 0.15) is 6.17 Å². The highest BCUT2D eigenvalue weighted by Gasteiger charge is 2.30. The van der Waals surface area contributed by atoms with Gasteiger partial charge in [0.25, 0.3) is 5.91 Å². The Morgan fingerprint density at radius 1 is 1.00 bits per heavy atom. The van der Waals surface area contributed by atoms with Gasteiger partial charge >= 0.3 is 0 Å². The number of rotatable bonds is 7. The maximum Gasteiger partial charge on any atom is 0.260 e. The lowest BCUT2D eigenvalue weighted by Crippen LogP contribution is -2.46. The van der Waals surface area contributed by atoms with E-state index in [0.717, 1.165) is 56.4 Å². The molecule has 5 rings (SSSR count). The molecule has 0 radical (unpaired) electrons. The van der Waals surface area contributed by atoms with E-state index < -0.39 is 0 Å². The number of nitrogens with zero attached hydrogens (tertiary/aromatic N) is 6. The maximum atomic E-state index is 12.9. The standard InChI is InChI=1S/C26H30N8O2/c1-27-22-6-3-14-34(22)23(35)17-33-15-9-18(10-16-33)31-21-8-7-20(24-19(21)5-2-11-28-24)25(36)32-26-29-12-4-13-30-26/h2,4-5,7-8,11-13,18,22,31H,1,3,6,9-10,14-17H2,(H,29,30,32,36)/t22-/m0/s1. The second-order valence-electron chi connectivity index (χ2n) is 9.17. The molecule has 0 aliphatic carbocycles. The van der Waals surface area contributed by atoms with Gasteiger partial charge in [0.15, 0.2) is 0 Å². The van der Waals surface area contributed by atoms with Crippen molar-refractivity contribution in [2.24, 2.45) is 4.99 Å². The van der Waals surface area contributed by atoms with Crippen molar-refractivity contribution in [3.8, 4) is 0 Å². The number of carbonyl (C=O) groups excluding carboxylic acids is 2. The number of fused-ring (bicyclic) bond motifs is 1. The molecular weight excluding hydrogens is 456 g/mol. The van der Waals surface area contributed by atoms with Crippen LogP contribution in [-0.2, 0) is 4.79 Å². The number of benzene rings is 1. The first kappa shape index (κ1) is 23.8. The molecule has 0 bridgehead atoms. The summed E-state index contributed by atoms with van der Waals surface area (Å²) in [5.41, 5.74) is 2.03. The Kier molecular flexibility index (Phi) is 7.13. The lowest BCUT2D eigenvalue weighted by molar-refractivity contribution is -0.133. The van der Waals surface area contributed by atoms with Gasteiger partial charge in [-0.25, -0.2) is 9.97 Å². The van der Waals surface area contributed by atoms with E-state index in [2.05, 4.69) is 42.2 Å². The molecule has 10 nitrogen and oxygen atoms in total. The number of pyridine rings is 1. The summed E-state index contributed by atoms with van der Waals surface area (Å²) in [7, 11) is 0. The fourth-order valence-corrected chi connectivity index (χ4v) is 4.98. The monoisotopic (exact) mass is 486 g/mol. The molecule has 0 spiro atoms. The van der Waals surface area contributed by atoms with Crippen LogP contribution in [0.15, 0.2) is 53.9 Å². The van der Waals surface area contributed by atoms with Crippen molar-refractivity contribution in [2.75, 3.05) is 36.8 Å². The van der Waals surface area contributed by atoms with Gasteiger partial charge in [0.05, 0.1) is 17.6 Å². The van der Waals surface area contributed by atoms with E-state index in [1.165, 1.54) is 0 Å². The van der Waals surface area contributed by atoms with Crippen molar-refractivity contribution in [3.05, 3.63) is 54.5 Å². The summed E-state index contributed by atoms with van der Waals surface area (Å²) in [5, 5.41) is 7.26. The number of nitrogens with one attached hydrogen (secondary N) is 2. The molecule has 2 saturated heterocycles. The van der Waals surface area contributed by atoms with Gasteiger partial charge in [0.2, 0.25) is 11.9 Å². The summed E-state index contributed by atoms with van der Waals surface area (Å²) >= 11 is 0. The van der Waals surface area contributed by atoms with Crippen molar-refractivity contribution < 1.29 is 9.59 Å². The number of hydrogen-bond donors (Lipinski definition) is 2. The second-order valence-corrected chi connectivity index (χ2v) is 9.17. The molecule has 4 heterocycles. The first-order chi connectivity index (χ1) is 17.6. The van der Waals surface area contributed by atoms with E-state index in [-0.39, 0.29) is 30.0 Å². The predicted octanol–water partition coefficient (Wildman–Crippen LogP) is 2.80. The second kappa shape index (κ2) is 10.8. The van der Waals surface area contributed by atoms with Gasteiger partial charge in [-0.15, -0.1) is 0 Å². The van der Waals surface area contributed by atoms with Crippen LogP contribution in [0.1, 0.15) is 36.0 Å². The van der Waals surface area contributed by atoms with Crippen molar-refractivity contribution >= 4 is 41.1 Å². The number of anilines is 2.